The lowest BCUT2D eigenvalue weighted by Gasteiger charge is -2.32. The van der Waals surface area contributed by atoms with E-state index in [9.17, 15) is 18.0 Å². The summed E-state index contributed by atoms with van der Waals surface area (Å²) in [5.74, 6) is 0.225. The van der Waals surface area contributed by atoms with Crippen LogP contribution in [0.4, 0.5) is 18.0 Å². The van der Waals surface area contributed by atoms with Crippen molar-refractivity contribution in [2.24, 2.45) is 5.92 Å². The van der Waals surface area contributed by atoms with Crippen molar-refractivity contribution in [3.63, 3.8) is 0 Å². The molecule has 0 N–H and O–H groups in total. The number of halogens is 3. The lowest BCUT2D eigenvalue weighted by Crippen LogP contribution is -2.32. The van der Waals surface area contributed by atoms with Crippen LogP contribution in [0.1, 0.15) is 84.6 Å². The van der Waals surface area contributed by atoms with Crippen LogP contribution < -0.4 is 0 Å². The van der Waals surface area contributed by atoms with Gasteiger partial charge >= 0.3 is 12.3 Å². The van der Waals surface area contributed by atoms with Crippen LogP contribution in [-0.4, -0.2) is 24.1 Å². The first-order chi connectivity index (χ1) is 16.6. The summed E-state index contributed by atoms with van der Waals surface area (Å²) in [5.41, 5.74) is 3.48. The van der Waals surface area contributed by atoms with Crippen LogP contribution >= 0.6 is 0 Å². The van der Waals surface area contributed by atoms with Crippen LogP contribution in [0.25, 0.3) is 0 Å². The van der Waals surface area contributed by atoms with Gasteiger partial charge in [-0.15, -0.1) is 0 Å². The van der Waals surface area contributed by atoms with Gasteiger partial charge in [0.25, 0.3) is 0 Å². The molecule has 4 nitrogen and oxygen atoms in total. The highest BCUT2D eigenvalue weighted by atomic mass is 19.4. The Hall–Kier alpha value is -2.54. The molecule has 1 saturated carbocycles. The minimum Gasteiger partial charge on any atom is -0.439 e. The molecule has 2 aliphatic rings. The summed E-state index contributed by atoms with van der Waals surface area (Å²) in [7, 11) is 1.61. The first-order valence-electron chi connectivity index (χ1n) is 12.4. The molecule has 0 bridgehead atoms. The van der Waals surface area contributed by atoms with Crippen molar-refractivity contribution in [2.45, 2.75) is 83.8 Å². The second-order valence-electron chi connectivity index (χ2n) is 10.1. The van der Waals surface area contributed by atoms with Crippen molar-refractivity contribution >= 4 is 6.09 Å². The van der Waals surface area contributed by atoms with Crippen molar-refractivity contribution in [2.75, 3.05) is 7.11 Å². The van der Waals surface area contributed by atoms with Crippen LogP contribution in [-0.2, 0) is 22.2 Å². The third kappa shape index (κ3) is 5.50. The predicted octanol–water partition coefficient (Wildman–Crippen LogP) is 7.67. The van der Waals surface area contributed by atoms with Gasteiger partial charge < -0.3 is 9.47 Å². The molecule has 1 aliphatic carbocycles. The Bertz CT molecular complexity index is 1040. The van der Waals surface area contributed by atoms with E-state index in [1.54, 1.807) is 12.0 Å². The van der Waals surface area contributed by atoms with Gasteiger partial charge in [0.05, 0.1) is 17.7 Å². The number of aryl methyl sites for hydroxylation is 2. The lowest BCUT2D eigenvalue weighted by molar-refractivity contribution is -0.137. The average Bonchev–Trinajstić information content (AvgIpc) is 3.07. The molecule has 2 fully saturated rings. The lowest BCUT2D eigenvalue weighted by atomic mass is 9.80. The first kappa shape index (κ1) is 25.5. The molecule has 2 aromatic carbocycles. The second kappa shape index (κ2) is 10.2. The van der Waals surface area contributed by atoms with Gasteiger partial charge in [-0.1, -0.05) is 54.7 Å². The van der Waals surface area contributed by atoms with E-state index in [0.717, 1.165) is 60.9 Å². The maximum atomic E-state index is 13.7. The highest BCUT2D eigenvalue weighted by Gasteiger charge is 2.43. The molecule has 0 unspecified atom stereocenters. The van der Waals surface area contributed by atoms with Crippen molar-refractivity contribution < 1.29 is 27.4 Å². The van der Waals surface area contributed by atoms with Crippen LogP contribution in [0.15, 0.2) is 36.4 Å². The number of hydrogen-bond donors (Lipinski definition) is 0. The number of amides is 1. The minimum atomic E-state index is -4.49. The molecule has 0 aromatic heterocycles. The Morgan fingerprint density at radius 3 is 2.31 bits per heavy atom. The Labute approximate surface area is 205 Å². The molecule has 1 amide bonds. The summed E-state index contributed by atoms with van der Waals surface area (Å²) >= 11 is 0. The molecular formula is C28H34F3NO3. The summed E-state index contributed by atoms with van der Waals surface area (Å²) in [5, 5.41) is 0. The molecular weight excluding hydrogens is 455 g/mol. The predicted molar refractivity (Wildman–Crippen MR) is 128 cm³/mol. The highest BCUT2D eigenvalue weighted by molar-refractivity contribution is 5.71. The molecule has 2 aromatic rings. The van der Waals surface area contributed by atoms with Gasteiger partial charge in [-0.2, -0.15) is 13.2 Å². The van der Waals surface area contributed by atoms with E-state index in [2.05, 4.69) is 6.07 Å². The Kier molecular flexibility index (Phi) is 7.46. The van der Waals surface area contributed by atoms with Gasteiger partial charge in [0.1, 0.15) is 6.10 Å². The molecule has 7 heteroatoms. The monoisotopic (exact) mass is 489 g/mol. The number of methoxy groups -OCH3 is 1. The third-order valence-corrected chi connectivity index (χ3v) is 7.39. The number of hydrogen-bond acceptors (Lipinski definition) is 3. The van der Waals surface area contributed by atoms with Crippen molar-refractivity contribution in [1.82, 2.24) is 4.90 Å². The van der Waals surface area contributed by atoms with Crippen molar-refractivity contribution in [3.05, 3.63) is 69.8 Å². The zero-order valence-corrected chi connectivity index (χ0v) is 20.8. The molecule has 3 atom stereocenters. The summed E-state index contributed by atoms with van der Waals surface area (Å²) in [6.07, 6.45) is -0.897. The molecule has 1 aliphatic heterocycles. The van der Waals surface area contributed by atoms with Gasteiger partial charge in [0.15, 0.2) is 0 Å². The minimum absolute atomic E-state index is 0.225. The maximum absolute atomic E-state index is 13.7. The third-order valence-electron chi connectivity index (χ3n) is 7.39. The number of ether oxygens (including phenoxy) is 2. The topological polar surface area (TPSA) is 38.8 Å². The molecule has 35 heavy (non-hydrogen) atoms. The number of nitrogens with zero attached hydrogens (tertiary/aromatic N) is 1. The summed E-state index contributed by atoms with van der Waals surface area (Å²) in [6, 6.07) is 9.44. The van der Waals surface area contributed by atoms with Gasteiger partial charge in [0, 0.05) is 19.2 Å². The van der Waals surface area contributed by atoms with Crippen LogP contribution in [0.2, 0.25) is 0 Å². The Balaban J connectivity index is 1.70. The Morgan fingerprint density at radius 2 is 1.71 bits per heavy atom. The van der Waals surface area contributed by atoms with Crippen LogP contribution in [0.3, 0.4) is 0 Å². The zero-order valence-electron chi connectivity index (χ0n) is 20.8. The summed E-state index contributed by atoms with van der Waals surface area (Å²) in [4.78, 5) is 14.5. The molecule has 1 heterocycles. The van der Waals surface area contributed by atoms with E-state index in [1.807, 2.05) is 32.9 Å². The van der Waals surface area contributed by atoms with Gasteiger partial charge in [-0.3, -0.25) is 4.90 Å². The van der Waals surface area contributed by atoms with E-state index < -0.39 is 30.0 Å². The van der Waals surface area contributed by atoms with E-state index in [-0.39, 0.29) is 12.0 Å². The molecule has 0 radical (unpaired) electrons. The highest BCUT2D eigenvalue weighted by Crippen LogP contribution is 2.44. The summed E-state index contributed by atoms with van der Waals surface area (Å²) in [6.45, 7) is 6.17. The molecule has 0 spiro atoms. The average molecular weight is 490 g/mol. The molecule has 4 rings (SSSR count). The van der Waals surface area contributed by atoms with Crippen molar-refractivity contribution in [1.29, 1.82) is 0 Å². The SMILES string of the molecule is CO[C@H](c1ccc(C(F)(F)F)cc1[C@H]1OC(=O)N(Cc2cc(C)cc(C)c2)[C@@H]1C)C1CCCCC1. The number of carbonyl (C=O) groups is 1. The number of alkyl halides is 3. The fourth-order valence-corrected chi connectivity index (χ4v) is 5.76. The smallest absolute Gasteiger partial charge is 0.416 e. The second-order valence-corrected chi connectivity index (χ2v) is 10.1. The van der Waals surface area contributed by atoms with E-state index in [4.69, 9.17) is 9.47 Å². The van der Waals surface area contributed by atoms with Crippen LogP contribution in [0, 0.1) is 19.8 Å². The van der Waals surface area contributed by atoms with Gasteiger partial charge in [-0.05, 0) is 62.8 Å². The molecule has 1 saturated heterocycles. The molecule has 190 valence electrons. The van der Waals surface area contributed by atoms with E-state index in [0.29, 0.717) is 17.7 Å². The summed E-state index contributed by atoms with van der Waals surface area (Å²) < 4.78 is 52.7. The van der Waals surface area contributed by atoms with Crippen LogP contribution in [0.5, 0.6) is 0 Å². The van der Waals surface area contributed by atoms with Crippen molar-refractivity contribution in [3.8, 4) is 0 Å². The number of rotatable bonds is 6. The van der Waals surface area contributed by atoms with Gasteiger partial charge in [-0.25, -0.2) is 4.79 Å². The number of benzene rings is 2. The fraction of sp³-hybridized carbons (Fsp3) is 0.536. The Morgan fingerprint density at radius 1 is 1.06 bits per heavy atom. The number of cyclic esters (lactones) is 1. The maximum Gasteiger partial charge on any atom is 0.416 e. The van der Waals surface area contributed by atoms with E-state index >= 15 is 0 Å². The first-order valence-corrected chi connectivity index (χ1v) is 12.4. The zero-order chi connectivity index (χ0) is 25.3. The normalized spacial score (nSPS) is 22.4. The van der Waals surface area contributed by atoms with Gasteiger partial charge in [0.2, 0.25) is 0 Å². The number of carbonyl (C=O) groups excluding carboxylic acids is 1. The van der Waals surface area contributed by atoms with E-state index in [1.165, 1.54) is 6.07 Å². The standard InChI is InChI=1S/C28H34F3NO3/c1-17-12-18(2)14-20(13-17)16-32-19(3)25(35-27(32)33)24-15-22(28(29,30)31)10-11-23(24)26(34-4)21-8-6-5-7-9-21/h10-15,19,21,25-26H,5-9,16H2,1-4H3/t19-,25+,26+/m1/s1. The largest absolute Gasteiger partial charge is 0.439 e. The quantitative estimate of drug-likeness (QED) is 0.418. The fourth-order valence-electron chi connectivity index (χ4n) is 5.76.